The second-order valence-electron chi connectivity index (χ2n) is 5.32. The van der Waals surface area contributed by atoms with E-state index in [1.54, 1.807) is 24.3 Å². The summed E-state index contributed by atoms with van der Waals surface area (Å²) >= 11 is 0. The molecular weight excluding hydrogens is 300 g/mol. The fourth-order valence-electron chi connectivity index (χ4n) is 2.12. The van der Waals surface area contributed by atoms with E-state index in [2.05, 4.69) is 5.32 Å². The van der Waals surface area contributed by atoms with E-state index in [1.165, 1.54) is 13.2 Å². The third-order valence-electron chi connectivity index (χ3n) is 3.43. The van der Waals surface area contributed by atoms with Crippen LogP contribution in [-0.4, -0.2) is 30.3 Å². The summed E-state index contributed by atoms with van der Waals surface area (Å²) in [6.45, 7) is 3.21. The molecule has 0 aliphatic carbocycles. The monoisotopic (exact) mass is 320 g/mol. The molecule has 0 radical (unpaired) electrons. The fraction of sp³-hybridized carbons (Fsp3) is 0.375. The van der Waals surface area contributed by atoms with Crippen molar-refractivity contribution in [1.29, 1.82) is 0 Å². The van der Waals surface area contributed by atoms with E-state index in [0.29, 0.717) is 35.9 Å². The van der Waals surface area contributed by atoms with Gasteiger partial charge in [0.05, 0.1) is 30.2 Å². The van der Waals surface area contributed by atoms with E-state index in [-0.39, 0.29) is 18.2 Å². The van der Waals surface area contributed by atoms with Gasteiger partial charge in [-0.05, 0) is 30.2 Å². The Morgan fingerprint density at radius 2 is 2.17 bits per heavy atom. The first-order valence-electron chi connectivity index (χ1n) is 7.28. The number of methoxy groups -OCH3 is 1. The molecule has 1 aromatic carbocycles. The molecule has 1 aromatic heterocycles. The van der Waals surface area contributed by atoms with E-state index in [4.69, 9.17) is 14.3 Å². The lowest BCUT2D eigenvalue weighted by atomic mass is 10.1. The molecule has 0 spiro atoms. The van der Waals surface area contributed by atoms with Gasteiger partial charge in [-0.3, -0.25) is 10.1 Å². The molecular formula is C16H20N2O5. The van der Waals surface area contributed by atoms with Crippen molar-refractivity contribution in [2.45, 2.75) is 13.5 Å². The fourth-order valence-corrected chi connectivity index (χ4v) is 2.12. The zero-order chi connectivity index (χ0) is 16.8. The second-order valence-corrected chi connectivity index (χ2v) is 5.32. The molecule has 7 heteroatoms. The van der Waals surface area contributed by atoms with Crippen LogP contribution in [0.15, 0.2) is 34.7 Å². The zero-order valence-corrected chi connectivity index (χ0v) is 13.1. The van der Waals surface area contributed by atoms with E-state index in [1.807, 2.05) is 6.92 Å². The molecule has 1 heterocycles. The minimum Gasteiger partial charge on any atom is -0.497 e. The van der Waals surface area contributed by atoms with Crippen molar-refractivity contribution < 1.29 is 19.2 Å². The molecule has 0 aliphatic rings. The van der Waals surface area contributed by atoms with Crippen LogP contribution in [0.3, 0.4) is 0 Å². The van der Waals surface area contributed by atoms with Crippen LogP contribution in [-0.2, 0) is 6.54 Å². The van der Waals surface area contributed by atoms with Crippen molar-refractivity contribution >= 4 is 5.69 Å². The Hall–Kier alpha value is -2.38. The topological polar surface area (TPSA) is 97.8 Å². The molecule has 0 aliphatic heterocycles. The number of ether oxygens (including phenoxy) is 1. The van der Waals surface area contributed by atoms with Gasteiger partial charge in [-0.15, -0.1) is 0 Å². The van der Waals surface area contributed by atoms with Crippen LogP contribution in [0, 0.1) is 16.0 Å². The van der Waals surface area contributed by atoms with Gasteiger partial charge in [0.2, 0.25) is 0 Å². The van der Waals surface area contributed by atoms with Gasteiger partial charge in [-0.1, -0.05) is 6.92 Å². The van der Waals surface area contributed by atoms with Crippen LogP contribution >= 0.6 is 0 Å². The van der Waals surface area contributed by atoms with E-state index < -0.39 is 4.92 Å². The van der Waals surface area contributed by atoms with Gasteiger partial charge in [-0.2, -0.15) is 0 Å². The number of hydrogen-bond donors (Lipinski definition) is 2. The summed E-state index contributed by atoms with van der Waals surface area (Å²) in [4.78, 5) is 10.8. The molecule has 0 saturated heterocycles. The van der Waals surface area contributed by atoms with Crippen LogP contribution in [0.2, 0.25) is 0 Å². The zero-order valence-electron chi connectivity index (χ0n) is 13.1. The van der Waals surface area contributed by atoms with Gasteiger partial charge in [0.25, 0.3) is 5.69 Å². The van der Waals surface area contributed by atoms with Crippen LogP contribution < -0.4 is 10.1 Å². The molecule has 2 aromatic rings. The van der Waals surface area contributed by atoms with Gasteiger partial charge < -0.3 is 19.6 Å². The number of nitro benzene ring substituents is 1. The average Bonchev–Trinajstić information content (AvgIpc) is 3.02. The first kappa shape index (κ1) is 17.0. The van der Waals surface area contributed by atoms with Gasteiger partial charge in [0.1, 0.15) is 17.3 Å². The number of nitrogens with one attached hydrogen (secondary N) is 1. The maximum absolute atomic E-state index is 11.2. The Balaban J connectivity index is 2.15. The SMILES string of the molecule is COc1ccc(-c2ccc(CNCC(C)CO)o2)c([N+](=O)[O-])c1. The molecule has 7 nitrogen and oxygen atoms in total. The minimum absolute atomic E-state index is 0.0629. The molecule has 124 valence electrons. The largest absolute Gasteiger partial charge is 0.497 e. The highest BCUT2D eigenvalue weighted by Crippen LogP contribution is 2.34. The number of aliphatic hydroxyl groups excluding tert-OH is 1. The second kappa shape index (κ2) is 7.75. The number of rotatable bonds is 8. The smallest absolute Gasteiger partial charge is 0.284 e. The quantitative estimate of drug-likeness (QED) is 0.573. The molecule has 2 N–H and O–H groups in total. The standard InChI is InChI=1S/C16H20N2O5/c1-11(10-19)8-17-9-13-4-6-16(23-13)14-5-3-12(22-2)7-15(14)18(20)21/h3-7,11,17,19H,8-10H2,1-2H3. The lowest BCUT2D eigenvalue weighted by molar-refractivity contribution is -0.384. The van der Waals surface area contributed by atoms with Crippen molar-refractivity contribution in [1.82, 2.24) is 5.32 Å². The molecule has 0 fully saturated rings. The lowest BCUT2D eigenvalue weighted by Gasteiger charge is -2.08. The molecule has 0 bridgehead atoms. The van der Waals surface area contributed by atoms with Crippen molar-refractivity contribution in [2.24, 2.45) is 5.92 Å². The minimum atomic E-state index is -0.457. The third kappa shape index (κ3) is 4.30. The van der Waals surface area contributed by atoms with Crippen molar-refractivity contribution in [2.75, 3.05) is 20.3 Å². The summed E-state index contributed by atoms with van der Waals surface area (Å²) in [5.74, 6) is 1.70. The van der Waals surface area contributed by atoms with Gasteiger partial charge in [-0.25, -0.2) is 0 Å². The van der Waals surface area contributed by atoms with Crippen molar-refractivity contribution in [3.05, 3.63) is 46.2 Å². The summed E-state index contributed by atoms with van der Waals surface area (Å²) in [5, 5.41) is 23.4. The van der Waals surface area contributed by atoms with E-state index >= 15 is 0 Å². The summed E-state index contributed by atoms with van der Waals surface area (Å²) in [6.07, 6.45) is 0. The third-order valence-corrected chi connectivity index (χ3v) is 3.43. The highest BCUT2D eigenvalue weighted by Gasteiger charge is 2.19. The number of nitrogens with zero attached hydrogens (tertiary/aromatic N) is 1. The van der Waals surface area contributed by atoms with Crippen LogP contribution in [0.25, 0.3) is 11.3 Å². The Morgan fingerprint density at radius 3 is 2.83 bits per heavy atom. The lowest BCUT2D eigenvalue weighted by Crippen LogP contribution is -2.22. The summed E-state index contributed by atoms with van der Waals surface area (Å²) in [5.41, 5.74) is 0.345. The van der Waals surface area contributed by atoms with E-state index in [0.717, 1.165) is 0 Å². The molecule has 1 unspecified atom stereocenters. The maximum Gasteiger partial charge on any atom is 0.284 e. The van der Waals surface area contributed by atoms with Crippen LogP contribution in [0.1, 0.15) is 12.7 Å². The molecule has 0 saturated carbocycles. The van der Waals surface area contributed by atoms with Crippen molar-refractivity contribution in [3.8, 4) is 17.1 Å². The van der Waals surface area contributed by atoms with E-state index in [9.17, 15) is 10.1 Å². The number of aliphatic hydroxyl groups is 1. The first-order chi connectivity index (χ1) is 11.0. The highest BCUT2D eigenvalue weighted by atomic mass is 16.6. The summed E-state index contributed by atoms with van der Waals surface area (Å²) < 4.78 is 10.7. The Morgan fingerprint density at radius 1 is 1.39 bits per heavy atom. The van der Waals surface area contributed by atoms with Gasteiger partial charge in [0.15, 0.2) is 0 Å². The first-order valence-corrected chi connectivity index (χ1v) is 7.28. The number of nitro groups is 1. The highest BCUT2D eigenvalue weighted by molar-refractivity contribution is 5.71. The van der Waals surface area contributed by atoms with Crippen molar-refractivity contribution in [3.63, 3.8) is 0 Å². The Labute approximate surface area is 134 Å². The van der Waals surface area contributed by atoms with Gasteiger partial charge in [0, 0.05) is 13.2 Å². The van der Waals surface area contributed by atoms with Crippen LogP contribution in [0.5, 0.6) is 5.75 Å². The predicted octanol–water partition coefficient (Wildman–Crippen LogP) is 2.58. The predicted molar refractivity (Wildman–Crippen MR) is 85.3 cm³/mol. The van der Waals surface area contributed by atoms with Gasteiger partial charge >= 0.3 is 0 Å². The molecule has 2 rings (SSSR count). The number of benzene rings is 1. The molecule has 0 amide bonds. The van der Waals surface area contributed by atoms with Crippen LogP contribution in [0.4, 0.5) is 5.69 Å². The molecule has 23 heavy (non-hydrogen) atoms. The number of hydrogen-bond acceptors (Lipinski definition) is 6. The summed E-state index contributed by atoms with van der Waals surface area (Å²) in [6, 6.07) is 8.13. The summed E-state index contributed by atoms with van der Waals surface area (Å²) in [7, 11) is 1.46. The average molecular weight is 320 g/mol. The molecule has 1 atom stereocenters. The Kier molecular flexibility index (Phi) is 5.72. The normalized spacial score (nSPS) is 12.1. The number of furan rings is 1. The Bertz CT molecular complexity index is 668. The maximum atomic E-state index is 11.2.